The zero-order valence-electron chi connectivity index (χ0n) is 15.8. The minimum absolute atomic E-state index is 0. The summed E-state index contributed by atoms with van der Waals surface area (Å²) in [5.74, 6) is 1.29. The van der Waals surface area contributed by atoms with E-state index in [1.54, 1.807) is 7.05 Å². The topological polar surface area (TPSA) is 40.1 Å². The number of aliphatic imine (C=N–C) groups is 1. The molecule has 0 spiro atoms. The average molecular weight is 490 g/mol. The number of hydrogen-bond donors (Lipinski definition) is 1. The van der Waals surface area contributed by atoms with Crippen LogP contribution in [0.2, 0.25) is 0 Å². The maximum atomic E-state index is 12.9. The molecule has 1 saturated carbocycles. The van der Waals surface area contributed by atoms with Crippen LogP contribution >= 0.6 is 24.0 Å². The van der Waals surface area contributed by atoms with Crippen LogP contribution in [0.5, 0.6) is 0 Å². The number of guanidine groups is 1. The van der Waals surface area contributed by atoms with E-state index in [0.29, 0.717) is 44.2 Å². The molecule has 0 aromatic heterocycles. The Hall–Kier alpha value is -0.290. The summed E-state index contributed by atoms with van der Waals surface area (Å²) >= 11 is 0. The fraction of sp³-hybridized carbons (Fsp3) is 0.941. The van der Waals surface area contributed by atoms with Crippen LogP contribution in [0.25, 0.3) is 0 Å². The summed E-state index contributed by atoms with van der Waals surface area (Å²) in [6, 6.07) is -1.10. The predicted molar refractivity (Wildman–Crippen MR) is 106 cm³/mol. The maximum absolute atomic E-state index is 12.9. The monoisotopic (exact) mass is 490 g/mol. The first-order valence-electron chi connectivity index (χ1n) is 9.07. The molecule has 1 N–H and O–H groups in total. The van der Waals surface area contributed by atoms with Crippen molar-refractivity contribution in [1.29, 1.82) is 0 Å². The standard InChI is InChI=1S/C17H29F3N4O.HI/c1-11(17(18,19)20)23-6-8-24(9-7-23)15(21-4)22-13-12-5-10-25-14(12)16(13,2)3;/h11-14H,5-10H2,1-4H3,(H,21,22);1H. The van der Waals surface area contributed by atoms with Crippen molar-refractivity contribution in [1.82, 2.24) is 15.1 Å². The largest absolute Gasteiger partial charge is 0.403 e. The van der Waals surface area contributed by atoms with Crippen LogP contribution in [0.3, 0.4) is 0 Å². The zero-order valence-corrected chi connectivity index (χ0v) is 18.2. The van der Waals surface area contributed by atoms with Gasteiger partial charge in [0.15, 0.2) is 5.96 Å². The summed E-state index contributed by atoms with van der Waals surface area (Å²) < 4.78 is 44.5. The average Bonchev–Trinajstić information content (AvgIpc) is 3.01. The fourth-order valence-electron chi connectivity index (χ4n) is 4.58. The van der Waals surface area contributed by atoms with Crippen molar-refractivity contribution in [3.05, 3.63) is 0 Å². The minimum Gasteiger partial charge on any atom is -0.377 e. The van der Waals surface area contributed by atoms with Gasteiger partial charge in [-0.25, -0.2) is 0 Å². The van der Waals surface area contributed by atoms with Crippen molar-refractivity contribution in [2.24, 2.45) is 16.3 Å². The first-order chi connectivity index (χ1) is 11.7. The van der Waals surface area contributed by atoms with Gasteiger partial charge in [0.2, 0.25) is 0 Å². The molecule has 2 heterocycles. The number of nitrogens with one attached hydrogen (secondary N) is 1. The van der Waals surface area contributed by atoms with Crippen LogP contribution in [-0.4, -0.2) is 80.0 Å². The highest BCUT2D eigenvalue weighted by Gasteiger charge is 2.59. The van der Waals surface area contributed by atoms with Gasteiger partial charge in [-0.05, 0) is 13.3 Å². The van der Waals surface area contributed by atoms with E-state index in [2.05, 4.69) is 29.1 Å². The van der Waals surface area contributed by atoms with Crippen molar-refractivity contribution >= 4 is 29.9 Å². The molecular formula is C17H30F3IN4O. The second-order valence-electron chi connectivity index (χ2n) is 7.98. The third-order valence-corrected chi connectivity index (χ3v) is 6.23. The number of ether oxygens (including phenoxy) is 1. The highest BCUT2D eigenvalue weighted by Crippen LogP contribution is 2.52. The molecule has 2 saturated heterocycles. The van der Waals surface area contributed by atoms with Gasteiger partial charge in [0.25, 0.3) is 0 Å². The van der Waals surface area contributed by atoms with E-state index in [9.17, 15) is 13.2 Å². The molecule has 4 unspecified atom stereocenters. The molecule has 0 bridgehead atoms. The lowest BCUT2D eigenvalue weighted by atomic mass is 9.57. The van der Waals surface area contributed by atoms with E-state index in [4.69, 9.17) is 4.74 Å². The number of fused-ring (bicyclic) bond motifs is 1. The number of alkyl halides is 3. The van der Waals surface area contributed by atoms with Gasteiger partial charge in [0.1, 0.15) is 6.04 Å². The molecule has 9 heteroatoms. The number of rotatable bonds is 2. The predicted octanol–water partition coefficient (Wildman–Crippen LogP) is 2.56. The second-order valence-corrected chi connectivity index (χ2v) is 7.98. The van der Waals surface area contributed by atoms with Gasteiger partial charge in [-0.15, -0.1) is 24.0 Å². The fourth-order valence-corrected chi connectivity index (χ4v) is 4.58. The second kappa shape index (κ2) is 7.98. The van der Waals surface area contributed by atoms with Gasteiger partial charge < -0.3 is 15.0 Å². The number of nitrogens with zero attached hydrogens (tertiary/aromatic N) is 3. The molecule has 1 aliphatic carbocycles. The zero-order chi connectivity index (χ0) is 18.4. The van der Waals surface area contributed by atoms with E-state index in [1.807, 2.05) is 0 Å². The Morgan fingerprint density at radius 1 is 1.23 bits per heavy atom. The molecule has 0 aromatic carbocycles. The smallest absolute Gasteiger partial charge is 0.377 e. The van der Waals surface area contributed by atoms with Crippen LogP contribution in [0.4, 0.5) is 13.2 Å². The quantitative estimate of drug-likeness (QED) is 0.367. The van der Waals surface area contributed by atoms with Gasteiger partial charge in [0.05, 0.1) is 6.10 Å². The summed E-state index contributed by atoms with van der Waals surface area (Å²) in [4.78, 5) is 7.95. The summed E-state index contributed by atoms with van der Waals surface area (Å²) in [6.07, 6.45) is -2.82. The molecule has 0 aromatic rings. The summed E-state index contributed by atoms with van der Waals surface area (Å²) in [5, 5.41) is 3.56. The number of halogens is 4. The molecule has 3 aliphatic rings. The maximum Gasteiger partial charge on any atom is 0.403 e. The number of hydrogen-bond acceptors (Lipinski definition) is 3. The number of piperazine rings is 1. The van der Waals surface area contributed by atoms with Gasteiger partial charge >= 0.3 is 6.18 Å². The SMILES string of the molecule is CN=C(NC1C2CCOC2C1(C)C)N1CCN(C(C)C(F)(F)F)CC1.I. The van der Waals surface area contributed by atoms with Crippen molar-refractivity contribution in [2.45, 2.75) is 51.6 Å². The minimum atomic E-state index is -4.17. The van der Waals surface area contributed by atoms with Crippen molar-refractivity contribution in [3.8, 4) is 0 Å². The lowest BCUT2D eigenvalue weighted by molar-refractivity contribution is -0.181. The molecule has 4 atom stereocenters. The molecule has 152 valence electrons. The van der Waals surface area contributed by atoms with Crippen molar-refractivity contribution in [2.75, 3.05) is 39.8 Å². The Bertz CT molecular complexity index is 521. The third kappa shape index (κ3) is 3.94. The lowest BCUT2D eigenvalue weighted by Crippen LogP contribution is -2.69. The van der Waals surface area contributed by atoms with Crippen LogP contribution in [0.1, 0.15) is 27.2 Å². The van der Waals surface area contributed by atoms with Gasteiger partial charge in [-0.2, -0.15) is 13.2 Å². The van der Waals surface area contributed by atoms with Gasteiger partial charge in [0, 0.05) is 57.2 Å². The highest BCUT2D eigenvalue weighted by molar-refractivity contribution is 14.0. The molecule has 26 heavy (non-hydrogen) atoms. The van der Waals surface area contributed by atoms with Crippen LogP contribution in [0, 0.1) is 11.3 Å². The van der Waals surface area contributed by atoms with Crippen LogP contribution < -0.4 is 5.32 Å². The van der Waals surface area contributed by atoms with E-state index < -0.39 is 12.2 Å². The molecule has 0 amide bonds. The van der Waals surface area contributed by atoms with E-state index in [1.165, 1.54) is 11.8 Å². The Morgan fingerprint density at radius 2 is 1.85 bits per heavy atom. The third-order valence-electron chi connectivity index (χ3n) is 6.23. The Morgan fingerprint density at radius 3 is 2.38 bits per heavy atom. The normalized spacial score (nSPS) is 33.1. The highest BCUT2D eigenvalue weighted by atomic mass is 127. The van der Waals surface area contributed by atoms with Crippen LogP contribution in [0.15, 0.2) is 4.99 Å². The van der Waals surface area contributed by atoms with E-state index >= 15 is 0 Å². The van der Waals surface area contributed by atoms with Crippen molar-refractivity contribution < 1.29 is 17.9 Å². The first kappa shape index (κ1) is 22.0. The molecule has 2 aliphatic heterocycles. The van der Waals surface area contributed by atoms with E-state index in [-0.39, 0.29) is 29.4 Å². The van der Waals surface area contributed by atoms with Gasteiger partial charge in [-0.3, -0.25) is 9.89 Å². The summed E-state index contributed by atoms with van der Waals surface area (Å²) in [7, 11) is 1.74. The Balaban J connectivity index is 0.00000243. The molecule has 3 rings (SSSR count). The van der Waals surface area contributed by atoms with Crippen molar-refractivity contribution in [3.63, 3.8) is 0 Å². The lowest BCUT2D eigenvalue weighted by Gasteiger charge is -2.55. The summed E-state index contributed by atoms with van der Waals surface area (Å²) in [5.41, 5.74) is 0.0454. The molecular weight excluding hydrogens is 460 g/mol. The Labute approximate surface area is 170 Å². The van der Waals surface area contributed by atoms with Crippen LogP contribution in [-0.2, 0) is 4.74 Å². The molecule has 3 fully saturated rings. The first-order valence-corrected chi connectivity index (χ1v) is 9.07. The molecule has 0 radical (unpaired) electrons. The molecule has 5 nitrogen and oxygen atoms in total. The van der Waals surface area contributed by atoms with Gasteiger partial charge in [-0.1, -0.05) is 13.8 Å². The summed E-state index contributed by atoms with van der Waals surface area (Å²) in [6.45, 7) is 8.34. The Kier molecular flexibility index (Phi) is 6.76. The van der Waals surface area contributed by atoms with E-state index in [0.717, 1.165) is 19.0 Å².